The van der Waals surface area contributed by atoms with E-state index in [1.807, 2.05) is 6.07 Å². The summed E-state index contributed by atoms with van der Waals surface area (Å²) in [6.45, 7) is 5.15. The Hall–Kier alpha value is -2.28. The quantitative estimate of drug-likeness (QED) is 0.848. The molecule has 2 aromatic rings. The Labute approximate surface area is 158 Å². The fraction of sp³-hybridized carbons (Fsp3) is 0.500. The zero-order valence-corrected chi connectivity index (χ0v) is 16.0. The second-order valence-electron chi connectivity index (χ2n) is 7.07. The van der Waals surface area contributed by atoms with E-state index in [1.165, 1.54) is 10.4 Å². The molecule has 8 nitrogen and oxygen atoms in total. The minimum absolute atomic E-state index is 0.224. The van der Waals surface area contributed by atoms with Gasteiger partial charge in [0, 0.05) is 32.1 Å². The zero-order chi connectivity index (χ0) is 19.0. The normalized spacial score (nSPS) is 18.8. The number of nitrogens with one attached hydrogen (secondary N) is 1. The number of piperidine rings is 1. The first-order chi connectivity index (χ1) is 13.0. The first kappa shape index (κ1) is 18.1. The number of benzene rings is 1. The Kier molecular flexibility index (Phi) is 4.72. The summed E-state index contributed by atoms with van der Waals surface area (Å²) in [7, 11) is -3.61. The fourth-order valence-corrected chi connectivity index (χ4v) is 5.58. The molecule has 0 bridgehead atoms. The van der Waals surface area contributed by atoms with Crippen molar-refractivity contribution in [2.24, 2.45) is 0 Å². The van der Waals surface area contributed by atoms with Crippen molar-refractivity contribution in [2.75, 3.05) is 19.6 Å². The summed E-state index contributed by atoms with van der Waals surface area (Å²) in [5.74, 6) is 2.16. The van der Waals surface area contributed by atoms with Crippen molar-refractivity contribution in [1.29, 1.82) is 5.26 Å². The van der Waals surface area contributed by atoms with Gasteiger partial charge in [-0.15, -0.1) is 10.2 Å². The molecule has 27 heavy (non-hydrogen) atoms. The van der Waals surface area contributed by atoms with Crippen LogP contribution in [0.25, 0.3) is 0 Å². The number of nitrogens with zero attached hydrogens (tertiary/aromatic N) is 5. The molecule has 4 rings (SSSR count). The summed E-state index contributed by atoms with van der Waals surface area (Å²) in [5, 5.41) is 21.0. The SMILES string of the molecule is Cc1ccc(C#N)cc1S(=O)(=O)N1CCC(c2nnc3n2CCNC3)CC1. The molecule has 1 N–H and O–H groups in total. The number of hydrogen-bond acceptors (Lipinski definition) is 6. The highest BCUT2D eigenvalue weighted by Gasteiger charge is 2.33. The van der Waals surface area contributed by atoms with E-state index in [-0.39, 0.29) is 10.8 Å². The standard InChI is InChI=1S/C18H22N6O2S/c1-13-2-3-14(11-19)10-16(13)27(25,26)23-7-4-15(5-8-23)18-22-21-17-12-20-6-9-24(17)18/h2-3,10,15,20H,4-9,12H2,1H3. The molecule has 0 aliphatic carbocycles. The average Bonchev–Trinajstić information content (AvgIpc) is 3.12. The zero-order valence-electron chi connectivity index (χ0n) is 15.2. The van der Waals surface area contributed by atoms with Gasteiger partial charge in [-0.25, -0.2) is 8.42 Å². The topological polar surface area (TPSA) is 104 Å². The molecule has 0 unspecified atom stereocenters. The lowest BCUT2D eigenvalue weighted by molar-refractivity contribution is 0.307. The van der Waals surface area contributed by atoms with Crippen LogP contribution in [0.2, 0.25) is 0 Å². The molecule has 3 heterocycles. The second-order valence-corrected chi connectivity index (χ2v) is 8.98. The molecular formula is C18H22N6O2S. The maximum absolute atomic E-state index is 13.1. The van der Waals surface area contributed by atoms with Crippen molar-refractivity contribution in [2.45, 2.75) is 43.7 Å². The maximum atomic E-state index is 13.1. The van der Waals surface area contributed by atoms with Crippen molar-refractivity contribution in [3.05, 3.63) is 41.0 Å². The number of rotatable bonds is 3. The first-order valence-corrected chi connectivity index (χ1v) is 10.6. The summed E-state index contributed by atoms with van der Waals surface area (Å²) >= 11 is 0. The third-order valence-electron chi connectivity index (χ3n) is 5.41. The van der Waals surface area contributed by atoms with Crippen LogP contribution in [0.1, 0.15) is 41.5 Å². The van der Waals surface area contributed by atoms with Gasteiger partial charge in [0.05, 0.1) is 23.1 Å². The molecule has 0 radical (unpaired) electrons. The Morgan fingerprint density at radius 2 is 2.00 bits per heavy atom. The van der Waals surface area contributed by atoms with Crippen molar-refractivity contribution < 1.29 is 8.42 Å². The third kappa shape index (κ3) is 3.25. The highest BCUT2D eigenvalue weighted by Crippen LogP contribution is 2.31. The van der Waals surface area contributed by atoms with E-state index in [9.17, 15) is 8.42 Å². The summed E-state index contributed by atoms with van der Waals surface area (Å²) < 4.78 is 29.9. The van der Waals surface area contributed by atoms with E-state index in [4.69, 9.17) is 5.26 Å². The summed E-state index contributed by atoms with van der Waals surface area (Å²) in [6, 6.07) is 6.82. The van der Waals surface area contributed by atoms with Crippen LogP contribution in [0.4, 0.5) is 0 Å². The number of fused-ring (bicyclic) bond motifs is 1. The van der Waals surface area contributed by atoms with Crippen LogP contribution in [0.15, 0.2) is 23.1 Å². The number of sulfonamides is 1. The minimum Gasteiger partial charge on any atom is -0.312 e. The summed E-state index contributed by atoms with van der Waals surface area (Å²) in [5.41, 5.74) is 1.02. The number of aryl methyl sites for hydroxylation is 1. The van der Waals surface area contributed by atoms with Crippen LogP contribution in [-0.4, -0.2) is 47.1 Å². The Morgan fingerprint density at radius 1 is 1.22 bits per heavy atom. The Morgan fingerprint density at radius 3 is 2.74 bits per heavy atom. The number of aromatic nitrogens is 3. The fourth-order valence-electron chi connectivity index (χ4n) is 3.86. The third-order valence-corrected chi connectivity index (χ3v) is 7.45. The van der Waals surface area contributed by atoms with E-state index in [1.54, 1.807) is 19.1 Å². The molecule has 2 aliphatic rings. The van der Waals surface area contributed by atoms with Gasteiger partial charge < -0.3 is 9.88 Å². The van der Waals surface area contributed by atoms with Gasteiger partial charge in [0.25, 0.3) is 0 Å². The van der Waals surface area contributed by atoms with Gasteiger partial charge in [0.1, 0.15) is 11.6 Å². The van der Waals surface area contributed by atoms with Gasteiger partial charge >= 0.3 is 0 Å². The Balaban J connectivity index is 1.52. The Bertz CT molecular complexity index is 999. The molecule has 2 aliphatic heterocycles. The molecular weight excluding hydrogens is 364 g/mol. The lowest BCUT2D eigenvalue weighted by atomic mass is 9.97. The molecule has 9 heteroatoms. The smallest absolute Gasteiger partial charge is 0.243 e. The largest absolute Gasteiger partial charge is 0.312 e. The number of nitriles is 1. The van der Waals surface area contributed by atoms with E-state index in [0.29, 0.717) is 24.2 Å². The monoisotopic (exact) mass is 386 g/mol. The summed E-state index contributed by atoms with van der Waals surface area (Å²) in [4.78, 5) is 0.228. The van der Waals surface area contributed by atoms with Gasteiger partial charge in [0.2, 0.25) is 10.0 Å². The van der Waals surface area contributed by atoms with Gasteiger partial charge in [-0.1, -0.05) is 6.07 Å². The van der Waals surface area contributed by atoms with Crippen LogP contribution < -0.4 is 5.32 Å². The molecule has 1 fully saturated rings. The van der Waals surface area contributed by atoms with Gasteiger partial charge in [0.15, 0.2) is 0 Å². The molecule has 0 atom stereocenters. The minimum atomic E-state index is -3.61. The highest BCUT2D eigenvalue weighted by molar-refractivity contribution is 7.89. The lowest BCUT2D eigenvalue weighted by Gasteiger charge is -2.31. The van der Waals surface area contributed by atoms with E-state index < -0.39 is 10.0 Å². The molecule has 1 aromatic carbocycles. The van der Waals surface area contributed by atoms with Gasteiger partial charge in [-0.2, -0.15) is 9.57 Å². The van der Waals surface area contributed by atoms with E-state index >= 15 is 0 Å². The van der Waals surface area contributed by atoms with Crippen molar-refractivity contribution >= 4 is 10.0 Å². The predicted molar refractivity (Wildman–Crippen MR) is 98.4 cm³/mol. The predicted octanol–water partition coefficient (Wildman–Crippen LogP) is 1.13. The molecule has 1 saturated heterocycles. The van der Waals surface area contributed by atoms with Crippen LogP contribution in [0.3, 0.4) is 0 Å². The maximum Gasteiger partial charge on any atom is 0.243 e. The van der Waals surface area contributed by atoms with Crippen LogP contribution in [0.5, 0.6) is 0 Å². The van der Waals surface area contributed by atoms with Crippen molar-refractivity contribution in [3.63, 3.8) is 0 Å². The van der Waals surface area contributed by atoms with Crippen LogP contribution >= 0.6 is 0 Å². The lowest BCUT2D eigenvalue weighted by Crippen LogP contribution is -2.39. The average molecular weight is 386 g/mol. The van der Waals surface area contributed by atoms with Crippen LogP contribution in [-0.2, 0) is 23.1 Å². The summed E-state index contributed by atoms with van der Waals surface area (Å²) in [6.07, 6.45) is 1.45. The molecule has 1 aromatic heterocycles. The molecule has 0 saturated carbocycles. The highest BCUT2D eigenvalue weighted by atomic mass is 32.2. The van der Waals surface area contributed by atoms with Crippen molar-refractivity contribution in [3.8, 4) is 6.07 Å². The molecule has 0 amide bonds. The first-order valence-electron chi connectivity index (χ1n) is 9.14. The number of hydrogen-bond donors (Lipinski definition) is 1. The molecule has 142 valence electrons. The second kappa shape index (κ2) is 7.03. The van der Waals surface area contributed by atoms with Crippen LogP contribution in [0, 0.1) is 18.3 Å². The van der Waals surface area contributed by atoms with Crippen molar-refractivity contribution in [1.82, 2.24) is 24.4 Å². The van der Waals surface area contributed by atoms with Gasteiger partial charge in [-0.3, -0.25) is 0 Å². The van der Waals surface area contributed by atoms with E-state index in [0.717, 1.165) is 44.1 Å². The van der Waals surface area contributed by atoms with E-state index in [2.05, 4.69) is 20.1 Å². The molecule has 0 spiro atoms. The van der Waals surface area contributed by atoms with Gasteiger partial charge in [-0.05, 0) is 37.5 Å².